The molecule has 0 unspecified atom stereocenters. The third kappa shape index (κ3) is 3.30. The van der Waals surface area contributed by atoms with Crippen LogP contribution in [0.2, 0.25) is 5.02 Å². The zero-order valence-electron chi connectivity index (χ0n) is 12.9. The number of aromatic nitrogens is 4. The number of H-pyrrole nitrogens is 1. The lowest BCUT2D eigenvalue weighted by molar-refractivity contribution is -0.137. The Labute approximate surface area is 145 Å². The molecule has 1 N–H and O–H groups in total. The van der Waals surface area contributed by atoms with E-state index < -0.39 is 11.7 Å². The lowest BCUT2D eigenvalue weighted by Crippen LogP contribution is -2.16. The molecule has 0 radical (unpaired) electrons. The van der Waals surface area contributed by atoms with Crippen LogP contribution in [0.15, 0.2) is 41.3 Å². The summed E-state index contributed by atoms with van der Waals surface area (Å²) < 4.78 is 39.5. The number of hydrogen-bond acceptors (Lipinski definition) is 3. The predicted molar refractivity (Wildman–Crippen MR) is 87.2 cm³/mol. The van der Waals surface area contributed by atoms with Crippen molar-refractivity contribution in [3.8, 4) is 22.6 Å². The zero-order chi connectivity index (χ0) is 18.2. The minimum absolute atomic E-state index is 0.0900. The molecule has 2 heterocycles. The van der Waals surface area contributed by atoms with E-state index in [9.17, 15) is 18.0 Å². The van der Waals surface area contributed by atoms with Gasteiger partial charge in [-0.15, -0.1) is 0 Å². The fourth-order valence-corrected chi connectivity index (χ4v) is 2.69. The second-order valence-corrected chi connectivity index (χ2v) is 5.63. The van der Waals surface area contributed by atoms with Gasteiger partial charge in [-0.05, 0) is 13.0 Å². The lowest BCUT2D eigenvalue weighted by Gasteiger charge is -2.10. The van der Waals surface area contributed by atoms with Crippen LogP contribution in [0.3, 0.4) is 0 Å². The Balaban J connectivity index is 1.97. The Hall–Kier alpha value is -2.61. The fraction of sp³-hybridized carbons (Fsp3) is 0.188. The van der Waals surface area contributed by atoms with Gasteiger partial charge in [0.2, 0.25) is 0 Å². The van der Waals surface area contributed by atoms with Gasteiger partial charge in [0.25, 0.3) is 0 Å². The largest absolute Gasteiger partial charge is 0.417 e. The van der Waals surface area contributed by atoms with E-state index in [4.69, 9.17) is 11.6 Å². The number of pyridine rings is 1. The number of aromatic amines is 1. The van der Waals surface area contributed by atoms with Crippen LogP contribution in [0.25, 0.3) is 22.6 Å². The molecule has 0 aliphatic carbocycles. The minimum Gasteiger partial charge on any atom is -0.275 e. The van der Waals surface area contributed by atoms with Crippen molar-refractivity contribution < 1.29 is 13.2 Å². The van der Waals surface area contributed by atoms with Crippen molar-refractivity contribution in [1.29, 1.82) is 0 Å². The summed E-state index contributed by atoms with van der Waals surface area (Å²) in [5.74, 6) is 0.477. The van der Waals surface area contributed by atoms with Gasteiger partial charge in [-0.1, -0.05) is 35.9 Å². The summed E-state index contributed by atoms with van der Waals surface area (Å²) >= 11 is 5.95. The first-order chi connectivity index (χ1) is 11.8. The monoisotopic (exact) mass is 368 g/mol. The minimum atomic E-state index is -4.50. The molecule has 0 saturated carbocycles. The Morgan fingerprint density at radius 3 is 2.40 bits per heavy atom. The molecule has 0 atom stereocenters. The molecule has 2 aromatic heterocycles. The van der Waals surface area contributed by atoms with Crippen LogP contribution in [-0.4, -0.2) is 19.7 Å². The normalized spacial score (nSPS) is 11.7. The SMILES string of the molecule is CCn1c(-c2ccc(-c3ncc(C(F)(F)F)cc3Cl)cc2)n[nH]c1=O. The standard InChI is InChI=1S/C16H12ClF3N4O/c1-2-24-14(22-23-15(24)25)10-5-3-9(4-6-10)13-12(17)7-11(8-21-13)16(18,19)20/h3-8H,2H2,1H3,(H,23,25). The molecule has 0 bridgehead atoms. The quantitative estimate of drug-likeness (QED) is 0.760. The molecule has 0 amide bonds. The molecule has 130 valence electrons. The molecule has 1 aromatic carbocycles. The average molecular weight is 369 g/mol. The van der Waals surface area contributed by atoms with Crippen molar-refractivity contribution in [3.63, 3.8) is 0 Å². The molecule has 0 saturated heterocycles. The maximum Gasteiger partial charge on any atom is 0.417 e. The number of halogens is 4. The number of nitrogens with zero attached hydrogens (tertiary/aromatic N) is 3. The Kier molecular flexibility index (Phi) is 4.38. The molecule has 0 fully saturated rings. The highest BCUT2D eigenvalue weighted by Crippen LogP contribution is 2.34. The van der Waals surface area contributed by atoms with Crippen molar-refractivity contribution >= 4 is 11.6 Å². The molecule has 0 aliphatic heterocycles. The highest BCUT2D eigenvalue weighted by Gasteiger charge is 2.31. The Bertz CT molecular complexity index is 961. The van der Waals surface area contributed by atoms with Crippen molar-refractivity contribution in [3.05, 3.63) is 57.6 Å². The molecule has 5 nitrogen and oxygen atoms in total. The van der Waals surface area contributed by atoms with E-state index in [0.717, 1.165) is 12.3 Å². The third-order valence-electron chi connectivity index (χ3n) is 3.66. The van der Waals surface area contributed by atoms with Crippen molar-refractivity contribution in [2.75, 3.05) is 0 Å². The number of hydrogen-bond donors (Lipinski definition) is 1. The lowest BCUT2D eigenvalue weighted by atomic mass is 10.1. The van der Waals surface area contributed by atoms with Crippen LogP contribution in [-0.2, 0) is 12.7 Å². The van der Waals surface area contributed by atoms with Gasteiger partial charge in [-0.2, -0.15) is 18.3 Å². The first-order valence-electron chi connectivity index (χ1n) is 7.30. The van der Waals surface area contributed by atoms with Crippen molar-refractivity contribution in [2.24, 2.45) is 0 Å². The van der Waals surface area contributed by atoms with E-state index in [-0.39, 0.29) is 16.4 Å². The number of nitrogens with one attached hydrogen (secondary N) is 1. The first kappa shape index (κ1) is 17.2. The van der Waals surface area contributed by atoms with Gasteiger partial charge in [-0.3, -0.25) is 9.55 Å². The molecular formula is C16H12ClF3N4O. The van der Waals surface area contributed by atoms with E-state index >= 15 is 0 Å². The summed E-state index contributed by atoms with van der Waals surface area (Å²) in [5, 5.41) is 6.26. The summed E-state index contributed by atoms with van der Waals surface area (Å²) in [6, 6.07) is 7.58. The van der Waals surface area contributed by atoms with E-state index in [1.165, 1.54) is 4.57 Å². The summed E-state index contributed by atoms with van der Waals surface area (Å²) in [6.07, 6.45) is -3.75. The summed E-state index contributed by atoms with van der Waals surface area (Å²) in [7, 11) is 0. The highest BCUT2D eigenvalue weighted by atomic mass is 35.5. The highest BCUT2D eigenvalue weighted by molar-refractivity contribution is 6.33. The van der Waals surface area contributed by atoms with Crippen LogP contribution < -0.4 is 5.69 Å². The molecule has 25 heavy (non-hydrogen) atoms. The zero-order valence-corrected chi connectivity index (χ0v) is 13.7. The van der Waals surface area contributed by atoms with Crippen LogP contribution in [0, 0.1) is 0 Å². The van der Waals surface area contributed by atoms with Gasteiger partial charge in [0.15, 0.2) is 5.82 Å². The van der Waals surface area contributed by atoms with E-state index in [0.29, 0.717) is 23.5 Å². The van der Waals surface area contributed by atoms with Crippen molar-refractivity contribution in [2.45, 2.75) is 19.6 Å². The number of benzene rings is 1. The first-order valence-corrected chi connectivity index (χ1v) is 7.67. The van der Waals surface area contributed by atoms with Gasteiger partial charge in [-0.25, -0.2) is 9.89 Å². The summed E-state index contributed by atoms with van der Waals surface area (Å²) in [6.45, 7) is 2.28. The van der Waals surface area contributed by atoms with Gasteiger partial charge in [0.1, 0.15) is 0 Å². The molecule has 9 heteroatoms. The predicted octanol–water partition coefficient (Wildman–Crippen LogP) is 3.99. The van der Waals surface area contributed by atoms with Gasteiger partial charge in [0, 0.05) is 23.9 Å². The second kappa shape index (κ2) is 6.36. The Morgan fingerprint density at radius 1 is 1.20 bits per heavy atom. The van der Waals surface area contributed by atoms with E-state index in [2.05, 4.69) is 15.2 Å². The third-order valence-corrected chi connectivity index (χ3v) is 3.95. The van der Waals surface area contributed by atoms with E-state index in [1.54, 1.807) is 24.3 Å². The van der Waals surface area contributed by atoms with Crippen LogP contribution in [0.5, 0.6) is 0 Å². The number of rotatable bonds is 3. The van der Waals surface area contributed by atoms with Crippen LogP contribution in [0.1, 0.15) is 12.5 Å². The molecular weight excluding hydrogens is 357 g/mol. The average Bonchev–Trinajstić information content (AvgIpc) is 2.95. The number of alkyl halides is 3. The Morgan fingerprint density at radius 2 is 1.84 bits per heavy atom. The topological polar surface area (TPSA) is 63.6 Å². The van der Waals surface area contributed by atoms with Gasteiger partial charge in [0.05, 0.1) is 16.3 Å². The molecule has 0 spiro atoms. The second-order valence-electron chi connectivity index (χ2n) is 5.23. The fourth-order valence-electron chi connectivity index (χ4n) is 2.41. The summed E-state index contributed by atoms with van der Waals surface area (Å²) in [4.78, 5) is 15.4. The summed E-state index contributed by atoms with van der Waals surface area (Å²) in [5.41, 5.74) is 0.280. The van der Waals surface area contributed by atoms with Crippen LogP contribution in [0.4, 0.5) is 13.2 Å². The molecule has 3 rings (SSSR count). The molecule has 3 aromatic rings. The smallest absolute Gasteiger partial charge is 0.275 e. The van der Waals surface area contributed by atoms with Gasteiger partial charge < -0.3 is 0 Å². The maximum absolute atomic E-state index is 12.7. The van der Waals surface area contributed by atoms with Crippen LogP contribution >= 0.6 is 11.6 Å². The maximum atomic E-state index is 12.7. The van der Waals surface area contributed by atoms with Gasteiger partial charge >= 0.3 is 11.9 Å². The van der Waals surface area contributed by atoms with E-state index in [1.807, 2.05) is 6.92 Å². The molecule has 0 aliphatic rings. The van der Waals surface area contributed by atoms with Crippen molar-refractivity contribution in [1.82, 2.24) is 19.7 Å².